The quantitative estimate of drug-likeness (QED) is 0.133. The van der Waals surface area contributed by atoms with Crippen LogP contribution < -0.4 is 14.2 Å². The number of alkyl halides is 2. The maximum Gasteiger partial charge on any atom is 0.387 e. The molecule has 0 amide bonds. The molecular weight excluding hydrogens is 579 g/mol. The third-order valence-electron chi connectivity index (χ3n) is 7.71. The molecule has 0 aliphatic carbocycles. The Kier molecular flexibility index (Phi) is 9.35. The van der Waals surface area contributed by atoms with Gasteiger partial charge < -0.3 is 18.8 Å². The largest absolute Gasteiger partial charge is 0.454 e. The van der Waals surface area contributed by atoms with E-state index in [4.69, 9.17) is 14.5 Å². The minimum Gasteiger partial charge on any atom is -0.454 e. The Morgan fingerprint density at radius 2 is 1.56 bits per heavy atom. The summed E-state index contributed by atoms with van der Waals surface area (Å²) in [5.74, 6) is 2.01. The molecule has 6 nitrogen and oxygen atoms in total. The van der Waals surface area contributed by atoms with Crippen molar-refractivity contribution in [2.24, 2.45) is 0 Å². The van der Waals surface area contributed by atoms with Gasteiger partial charge in [-0.2, -0.15) is 8.78 Å². The predicted molar refractivity (Wildman–Crippen MR) is 167 cm³/mol. The number of hydrogen-bond acceptors (Lipinski definition) is 5. The lowest BCUT2D eigenvalue weighted by atomic mass is 10.1. The number of rotatable bonds is 13. The van der Waals surface area contributed by atoms with Crippen molar-refractivity contribution in [2.75, 3.05) is 6.79 Å². The van der Waals surface area contributed by atoms with E-state index in [0.717, 1.165) is 53.3 Å². The first-order chi connectivity index (χ1) is 22.0. The Bertz CT molecular complexity index is 1730. The highest BCUT2D eigenvalue weighted by molar-refractivity contribution is 5.68. The first kappa shape index (κ1) is 30.3. The summed E-state index contributed by atoms with van der Waals surface area (Å²) in [6.45, 7) is 1.74. The van der Waals surface area contributed by atoms with Crippen LogP contribution in [0.15, 0.2) is 97.1 Å². The average Bonchev–Trinajstić information content (AvgIpc) is 3.65. The molecule has 0 spiro atoms. The highest BCUT2D eigenvalue weighted by atomic mass is 19.3. The van der Waals surface area contributed by atoms with Crippen LogP contribution in [0, 0.1) is 5.82 Å². The molecule has 4 aromatic carbocycles. The molecule has 0 bridgehead atoms. The molecule has 0 unspecified atom stereocenters. The van der Waals surface area contributed by atoms with E-state index in [1.807, 2.05) is 54.6 Å². The maximum atomic E-state index is 14.6. The molecular formula is C36H34F3N3O3. The van der Waals surface area contributed by atoms with Crippen molar-refractivity contribution in [3.8, 4) is 39.9 Å². The van der Waals surface area contributed by atoms with E-state index in [1.54, 1.807) is 30.3 Å². The third kappa shape index (κ3) is 7.32. The first-order valence-corrected chi connectivity index (χ1v) is 15.0. The molecule has 232 valence electrons. The number of nitrogens with zero attached hydrogens (tertiary/aromatic N) is 3. The van der Waals surface area contributed by atoms with Gasteiger partial charge in [-0.25, -0.2) is 9.37 Å². The Morgan fingerprint density at radius 1 is 0.822 bits per heavy atom. The fourth-order valence-corrected chi connectivity index (χ4v) is 5.59. The van der Waals surface area contributed by atoms with E-state index in [9.17, 15) is 13.2 Å². The summed E-state index contributed by atoms with van der Waals surface area (Å²) in [5, 5.41) is 0. The van der Waals surface area contributed by atoms with Gasteiger partial charge in [0.25, 0.3) is 0 Å². The molecule has 0 N–H and O–H groups in total. The average molecular weight is 614 g/mol. The highest BCUT2D eigenvalue weighted by Crippen LogP contribution is 2.35. The van der Waals surface area contributed by atoms with Gasteiger partial charge in [0.2, 0.25) is 6.79 Å². The van der Waals surface area contributed by atoms with Gasteiger partial charge in [0.1, 0.15) is 17.4 Å². The van der Waals surface area contributed by atoms with Crippen molar-refractivity contribution in [1.29, 1.82) is 0 Å². The highest BCUT2D eigenvalue weighted by Gasteiger charge is 2.23. The van der Waals surface area contributed by atoms with Crippen LogP contribution in [0.2, 0.25) is 0 Å². The molecule has 1 aromatic heterocycles. The minimum absolute atomic E-state index is 0.106. The number of hydrogen-bond donors (Lipinski definition) is 0. The van der Waals surface area contributed by atoms with E-state index in [0.29, 0.717) is 36.7 Å². The molecule has 5 aromatic rings. The summed E-state index contributed by atoms with van der Waals surface area (Å²) in [7, 11) is 0. The zero-order valence-electron chi connectivity index (χ0n) is 25.0. The second kappa shape index (κ2) is 13.9. The van der Waals surface area contributed by atoms with Gasteiger partial charge in [-0.15, -0.1) is 0 Å². The fourth-order valence-electron chi connectivity index (χ4n) is 5.59. The van der Waals surface area contributed by atoms with Crippen LogP contribution in [0.3, 0.4) is 0 Å². The molecule has 1 aliphatic rings. The second-order valence-corrected chi connectivity index (χ2v) is 11.0. The maximum absolute atomic E-state index is 14.6. The lowest BCUT2D eigenvalue weighted by Gasteiger charge is -2.25. The minimum atomic E-state index is -2.89. The molecule has 0 atom stereocenters. The van der Waals surface area contributed by atoms with E-state index in [2.05, 4.69) is 21.1 Å². The Labute approximate surface area is 260 Å². The summed E-state index contributed by atoms with van der Waals surface area (Å²) in [6, 6.07) is 29.2. The van der Waals surface area contributed by atoms with E-state index < -0.39 is 6.61 Å². The van der Waals surface area contributed by atoms with E-state index in [-0.39, 0.29) is 18.4 Å². The normalized spacial score (nSPS) is 12.3. The van der Waals surface area contributed by atoms with Gasteiger partial charge in [0.05, 0.1) is 11.4 Å². The number of unbranched alkanes of at least 4 members (excludes halogenated alkanes) is 1. The number of imidazole rings is 1. The predicted octanol–water partition coefficient (Wildman–Crippen LogP) is 8.69. The number of fused-ring (bicyclic) bond motifs is 1. The zero-order valence-corrected chi connectivity index (χ0v) is 25.0. The van der Waals surface area contributed by atoms with E-state index >= 15 is 0 Å². The van der Waals surface area contributed by atoms with Crippen LogP contribution in [0.25, 0.3) is 22.6 Å². The van der Waals surface area contributed by atoms with E-state index in [1.165, 1.54) is 12.1 Å². The number of halogens is 3. The molecule has 2 heterocycles. The van der Waals surface area contributed by atoms with Gasteiger partial charge >= 0.3 is 6.61 Å². The van der Waals surface area contributed by atoms with Crippen molar-refractivity contribution in [3.05, 3.63) is 120 Å². The van der Waals surface area contributed by atoms with Crippen molar-refractivity contribution in [1.82, 2.24) is 14.5 Å². The van der Waals surface area contributed by atoms with Crippen LogP contribution in [0.1, 0.15) is 36.6 Å². The van der Waals surface area contributed by atoms with Crippen molar-refractivity contribution in [2.45, 2.75) is 52.6 Å². The van der Waals surface area contributed by atoms with Crippen LogP contribution in [-0.4, -0.2) is 27.9 Å². The van der Waals surface area contributed by atoms with Crippen LogP contribution in [0.5, 0.6) is 17.2 Å². The smallest absolute Gasteiger partial charge is 0.387 e. The topological polar surface area (TPSA) is 48.8 Å². The Balaban J connectivity index is 1.42. The van der Waals surface area contributed by atoms with Crippen molar-refractivity contribution in [3.63, 3.8) is 0 Å². The lowest BCUT2D eigenvalue weighted by Crippen LogP contribution is -2.24. The van der Waals surface area contributed by atoms with Crippen LogP contribution in [0.4, 0.5) is 13.2 Å². The third-order valence-corrected chi connectivity index (χ3v) is 7.71. The summed E-state index contributed by atoms with van der Waals surface area (Å²) in [5.41, 5.74) is 5.32. The van der Waals surface area contributed by atoms with Crippen LogP contribution in [-0.2, 0) is 26.2 Å². The van der Waals surface area contributed by atoms with Gasteiger partial charge in [0, 0.05) is 37.3 Å². The summed E-state index contributed by atoms with van der Waals surface area (Å²) >= 11 is 0. The number of ether oxygens (including phenoxy) is 3. The molecule has 9 heteroatoms. The Morgan fingerprint density at radius 3 is 2.31 bits per heavy atom. The van der Waals surface area contributed by atoms with Crippen LogP contribution >= 0.6 is 0 Å². The summed E-state index contributed by atoms with van der Waals surface area (Å²) in [6.07, 6.45) is 1.94. The van der Waals surface area contributed by atoms with Crippen molar-refractivity contribution >= 4 is 0 Å². The van der Waals surface area contributed by atoms with Gasteiger partial charge in [-0.3, -0.25) is 4.90 Å². The second-order valence-electron chi connectivity index (χ2n) is 11.0. The molecule has 1 aliphatic heterocycles. The standard InChI is InChI=1S/C36H34F3N3O3/c1-2-3-18-42-31(34(28-10-7-11-29(37)20-28)40-35(42)27-8-5-4-6-9-27)23-41(21-25-12-15-30(16-13-25)45-36(38)39)22-26-14-17-32-33(19-26)44-24-43-32/h4-17,19-20,36H,2-3,18,21-24H2,1H3. The molecule has 0 fully saturated rings. The monoisotopic (exact) mass is 613 g/mol. The molecule has 0 saturated carbocycles. The van der Waals surface area contributed by atoms with Gasteiger partial charge in [0.15, 0.2) is 11.5 Å². The first-order valence-electron chi connectivity index (χ1n) is 15.0. The van der Waals surface area contributed by atoms with Crippen molar-refractivity contribution < 1.29 is 27.4 Å². The fraction of sp³-hybridized carbons (Fsp3) is 0.250. The number of aromatic nitrogens is 2. The molecule has 6 rings (SSSR count). The van der Waals surface area contributed by atoms with Gasteiger partial charge in [-0.05, 0) is 53.9 Å². The molecule has 0 radical (unpaired) electrons. The zero-order chi connectivity index (χ0) is 31.2. The summed E-state index contributed by atoms with van der Waals surface area (Å²) < 4.78 is 58.1. The molecule has 0 saturated heterocycles. The van der Waals surface area contributed by atoms with Gasteiger partial charge in [-0.1, -0.05) is 74.0 Å². The number of benzene rings is 4. The SMILES string of the molecule is CCCCn1c(-c2ccccc2)nc(-c2cccc(F)c2)c1CN(Cc1ccc(OC(F)F)cc1)Cc1ccc2c(c1)OCO2. The summed E-state index contributed by atoms with van der Waals surface area (Å²) in [4.78, 5) is 7.41. The molecule has 45 heavy (non-hydrogen) atoms. The lowest BCUT2D eigenvalue weighted by molar-refractivity contribution is -0.0498. The Hall–Kier alpha value is -4.76.